The smallest absolute Gasteiger partial charge is 0.252 e. The standard InChI is InChI=1S/C12H13N3O2/c16-11-6-10(13-7-9-2-1-5-17-9)14-12(15-11)8-3-4-8/h1-2,5-6,8H,3-4,7H2,(H2,13,14,15,16). The molecule has 0 aliphatic heterocycles. The largest absolute Gasteiger partial charge is 0.467 e. The quantitative estimate of drug-likeness (QED) is 0.842. The Morgan fingerprint density at radius 2 is 2.41 bits per heavy atom. The van der Waals surface area contributed by atoms with Crippen LogP contribution in [0.1, 0.15) is 30.3 Å². The lowest BCUT2D eigenvalue weighted by atomic mass is 10.4. The second-order valence-corrected chi connectivity index (χ2v) is 4.22. The zero-order valence-electron chi connectivity index (χ0n) is 9.27. The van der Waals surface area contributed by atoms with E-state index in [4.69, 9.17) is 4.42 Å². The SMILES string of the molecule is O=c1cc(NCc2ccco2)nc(C2CC2)[nH]1. The zero-order chi connectivity index (χ0) is 11.7. The van der Waals surface area contributed by atoms with Crippen molar-refractivity contribution in [2.75, 3.05) is 5.32 Å². The Kier molecular flexibility index (Phi) is 2.44. The van der Waals surface area contributed by atoms with Gasteiger partial charge in [0, 0.05) is 12.0 Å². The average Bonchev–Trinajstić information content (AvgIpc) is 3.04. The molecule has 1 aliphatic carbocycles. The van der Waals surface area contributed by atoms with E-state index in [0.717, 1.165) is 24.4 Å². The molecule has 0 saturated heterocycles. The first-order chi connectivity index (χ1) is 8.31. The zero-order valence-corrected chi connectivity index (χ0v) is 9.27. The second kappa shape index (κ2) is 4.08. The number of furan rings is 1. The highest BCUT2D eigenvalue weighted by Gasteiger charge is 2.26. The van der Waals surface area contributed by atoms with Crippen LogP contribution in [-0.4, -0.2) is 9.97 Å². The molecule has 17 heavy (non-hydrogen) atoms. The van der Waals surface area contributed by atoms with E-state index in [2.05, 4.69) is 15.3 Å². The highest BCUT2D eigenvalue weighted by molar-refractivity contribution is 5.34. The lowest BCUT2D eigenvalue weighted by Crippen LogP contribution is -2.13. The normalized spacial score (nSPS) is 14.8. The molecule has 0 radical (unpaired) electrons. The van der Waals surface area contributed by atoms with Crippen LogP contribution >= 0.6 is 0 Å². The molecule has 5 nitrogen and oxygen atoms in total. The van der Waals surface area contributed by atoms with Crippen LogP contribution in [0.5, 0.6) is 0 Å². The fourth-order valence-electron chi connectivity index (χ4n) is 1.71. The summed E-state index contributed by atoms with van der Waals surface area (Å²) in [6, 6.07) is 5.18. The van der Waals surface area contributed by atoms with Crippen molar-refractivity contribution in [2.24, 2.45) is 0 Å². The maximum atomic E-state index is 11.4. The van der Waals surface area contributed by atoms with Gasteiger partial charge in [-0.25, -0.2) is 4.98 Å². The minimum atomic E-state index is -0.108. The molecule has 2 aromatic heterocycles. The van der Waals surface area contributed by atoms with Gasteiger partial charge in [0.05, 0.1) is 12.8 Å². The Balaban J connectivity index is 1.75. The van der Waals surface area contributed by atoms with Crippen LogP contribution in [0.3, 0.4) is 0 Å². The molecule has 0 amide bonds. The fourth-order valence-corrected chi connectivity index (χ4v) is 1.71. The Bertz CT molecular complexity index is 555. The van der Waals surface area contributed by atoms with E-state index in [1.54, 1.807) is 6.26 Å². The Labute approximate surface area is 97.9 Å². The Morgan fingerprint density at radius 3 is 3.12 bits per heavy atom. The van der Waals surface area contributed by atoms with Crippen molar-refractivity contribution in [1.29, 1.82) is 0 Å². The third kappa shape index (κ3) is 2.38. The molecule has 0 spiro atoms. The number of hydrogen-bond donors (Lipinski definition) is 2. The maximum absolute atomic E-state index is 11.4. The van der Waals surface area contributed by atoms with Gasteiger partial charge in [0.25, 0.3) is 5.56 Å². The van der Waals surface area contributed by atoms with Gasteiger partial charge in [0.1, 0.15) is 17.4 Å². The lowest BCUT2D eigenvalue weighted by molar-refractivity contribution is 0.517. The van der Waals surface area contributed by atoms with Crippen molar-refractivity contribution < 1.29 is 4.42 Å². The summed E-state index contributed by atoms with van der Waals surface area (Å²) >= 11 is 0. The van der Waals surface area contributed by atoms with Crippen LogP contribution in [0.25, 0.3) is 0 Å². The van der Waals surface area contributed by atoms with Crippen LogP contribution in [0.15, 0.2) is 33.7 Å². The molecule has 2 aromatic rings. The maximum Gasteiger partial charge on any atom is 0.252 e. The average molecular weight is 231 g/mol. The number of nitrogens with zero attached hydrogens (tertiary/aromatic N) is 1. The number of hydrogen-bond acceptors (Lipinski definition) is 4. The van der Waals surface area contributed by atoms with Gasteiger partial charge < -0.3 is 14.7 Å². The van der Waals surface area contributed by atoms with Crippen molar-refractivity contribution in [3.8, 4) is 0 Å². The van der Waals surface area contributed by atoms with E-state index in [-0.39, 0.29) is 5.56 Å². The van der Waals surface area contributed by atoms with Gasteiger partial charge in [0.15, 0.2) is 0 Å². The number of aromatic amines is 1. The molecule has 0 bridgehead atoms. The lowest BCUT2D eigenvalue weighted by Gasteiger charge is -2.04. The molecule has 0 unspecified atom stereocenters. The summed E-state index contributed by atoms with van der Waals surface area (Å²) in [5.41, 5.74) is -0.108. The molecule has 0 atom stereocenters. The predicted octanol–water partition coefficient (Wildman–Crippen LogP) is 1.85. The summed E-state index contributed by atoms with van der Waals surface area (Å²) in [4.78, 5) is 18.6. The number of anilines is 1. The predicted molar refractivity (Wildman–Crippen MR) is 62.9 cm³/mol. The molecule has 5 heteroatoms. The molecular weight excluding hydrogens is 218 g/mol. The topological polar surface area (TPSA) is 70.9 Å². The van der Waals surface area contributed by atoms with Crippen LogP contribution in [0.4, 0.5) is 5.82 Å². The van der Waals surface area contributed by atoms with Gasteiger partial charge in [-0.15, -0.1) is 0 Å². The van der Waals surface area contributed by atoms with Gasteiger partial charge >= 0.3 is 0 Å². The third-order valence-electron chi connectivity index (χ3n) is 2.75. The van der Waals surface area contributed by atoms with Crippen molar-refractivity contribution in [3.63, 3.8) is 0 Å². The molecule has 2 heterocycles. The number of rotatable bonds is 4. The van der Waals surface area contributed by atoms with Gasteiger partial charge in [-0.05, 0) is 25.0 Å². The number of nitrogens with one attached hydrogen (secondary N) is 2. The first kappa shape index (κ1) is 10.1. The monoisotopic (exact) mass is 231 g/mol. The molecule has 0 aromatic carbocycles. The Morgan fingerprint density at radius 1 is 1.53 bits per heavy atom. The van der Waals surface area contributed by atoms with Crippen molar-refractivity contribution in [2.45, 2.75) is 25.3 Å². The number of H-pyrrole nitrogens is 1. The highest BCUT2D eigenvalue weighted by Crippen LogP contribution is 2.37. The van der Waals surface area contributed by atoms with Crippen molar-refractivity contribution in [1.82, 2.24) is 9.97 Å². The molecule has 2 N–H and O–H groups in total. The van der Waals surface area contributed by atoms with Crippen molar-refractivity contribution >= 4 is 5.82 Å². The Hall–Kier alpha value is -2.04. The molecule has 1 saturated carbocycles. The molecule has 1 aliphatic rings. The summed E-state index contributed by atoms with van der Waals surface area (Å²) in [6.45, 7) is 0.535. The molecular formula is C12H13N3O2. The summed E-state index contributed by atoms with van der Waals surface area (Å²) in [5.74, 6) is 2.65. The van der Waals surface area contributed by atoms with E-state index < -0.39 is 0 Å². The third-order valence-corrected chi connectivity index (χ3v) is 2.75. The van der Waals surface area contributed by atoms with Crippen LogP contribution in [0.2, 0.25) is 0 Å². The second-order valence-electron chi connectivity index (χ2n) is 4.22. The van der Waals surface area contributed by atoms with Gasteiger partial charge in [-0.2, -0.15) is 0 Å². The summed E-state index contributed by atoms with van der Waals surface area (Å²) in [7, 11) is 0. The number of aromatic nitrogens is 2. The molecule has 3 rings (SSSR count). The first-order valence-corrected chi connectivity index (χ1v) is 5.69. The van der Waals surface area contributed by atoms with E-state index in [9.17, 15) is 4.79 Å². The van der Waals surface area contributed by atoms with Gasteiger partial charge in [-0.3, -0.25) is 4.79 Å². The fraction of sp³-hybridized carbons (Fsp3) is 0.333. The highest BCUT2D eigenvalue weighted by atomic mass is 16.3. The summed E-state index contributed by atoms with van der Waals surface area (Å²) < 4.78 is 5.20. The summed E-state index contributed by atoms with van der Waals surface area (Å²) in [6.07, 6.45) is 3.85. The van der Waals surface area contributed by atoms with E-state index >= 15 is 0 Å². The summed E-state index contributed by atoms with van der Waals surface area (Å²) in [5, 5.41) is 3.09. The van der Waals surface area contributed by atoms with Crippen LogP contribution < -0.4 is 10.9 Å². The van der Waals surface area contributed by atoms with E-state index in [1.165, 1.54) is 6.07 Å². The minimum Gasteiger partial charge on any atom is -0.467 e. The molecule has 1 fully saturated rings. The van der Waals surface area contributed by atoms with E-state index in [1.807, 2.05) is 12.1 Å². The van der Waals surface area contributed by atoms with E-state index in [0.29, 0.717) is 18.3 Å². The van der Waals surface area contributed by atoms with Crippen LogP contribution in [-0.2, 0) is 6.54 Å². The minimum absolute atomic E-state index is 0.108. The van der Waals surface area contributed by atoms with Crippen molar-refractivity contribution in [3.05, 3.63) is 46.4 Å². The first-order valence-electron chi connectivity index (χ1n) is 5.69. The molecule has 88 valence electrons. The van der Waals surface area contributed by atoms with Gasteiger partial charge in [-0.1, -0.05) is 0 Å². The van der Waals surface area contributed by atoms with Gasteiger partial charge in [0.2, 0.25) is 0 Å². The van der Waals surface area contributed by atoms with Crippen LogP contribution in [0, 0.1) is 0 Å².